The standard InChI is InChI=1S/C24H25N7O4/c1-31(2)21-14-20(30-25-15-16-8-9-19-17(12-16)13-22(32)27-19)28-23(29-21)34-10-11-35-24(33)26-18-6-4-3-5-7-18/h3-9,12,14-15H,10-11,13H2,1-2H3,(H,26,33)(H,27,32)(H,28,29,30)/b25-15+. The van der Waals surface area contributed by atoms with Crippen LogP contribution < -0.4 is 25.7 Å². The molecule has 0 bridgehead atoms. The van der Waals surface area contributed by atoms with Gasteiger partial charge in [-0.15, -0.1) is 0 Å². The maximum Gasteiger partial charge on any atom is 0.411 e. The topological polar surface area (TPSA) is 130 Å². The van der Waals surface area contributed by atoms with Crippen LogP contribution in [0.1, 0.15) is 11.1 Å². The third-order valence-electron chi connectivity index (χ3n) is 4.87. The molecule has 1 aliphatic rings. The third-order valence-corrected chi connectivity index (χ3v) is 4.87. The molecule has 3 aromatic rings. The fourth-order valence-corrected chi connectivity index (χ4v) is 3.21. The SMILES string of the molecule is CN(C)c1cc(N/N=C/c2ccc3c(c2)CC(=O)N3)nc(OCCOC(=O)Nc2ccccc2)n1. The van der Waals surface area contributed by atoms with E-state index < -0.39 is 6.09 Å². The molecule has 1 aromatic heterocycles. The van der Waals surface area contributed by atoms with Crippen LogP contribution in [0.5, 0.6) is 6.01 Å². The van der Waals surface area contributed by atoms with Gasteiger partial charge in [-0.05, 0) is 35.4 Å². The number of carbonyl (C=O) groups is 2. The van der Waals surface area contributed by atoms with E-state index in [9.17, 15) is 9.59 Å². The highest BCUT2D eigenvalue weighted by Crippen LogP contribution is 2.23. The van der Waals surface area contributed by atoms with Gasteiger partial charge in [0, 0.05) is 31.5 Å². The van der Waals surface area contributed by atoms with E-state index >= 15 is 0 Å². The van der Waals surface area contributed by atoms with Gasteiger partial charge in [-0.25, -0.2) is 4.79 Å². The van der Waals surface area contributed by atoms with Crippen molar-refractivity contribution in [2.45, 2.75) is 6.42 Å². The lowest BCUT2D eigenvalue weighted by atomic mass is 10.1. The van der Waals surface area contributed by atoms with Gasteiger partial charge in [0.15, 0.2) is 5.82 Å². The molecule has 0 unspecified atom stereocenters. The van der Waals surface area contributed by atoms with Crippen molar-refractivity contribution >= 4 is 41.2 Å². The number of hydrogen-bond donors (Lipinski definition) is 3. The highest BCUT2D eigenvalue weighted by Gasteiger charge is 2.17. The fraction of sp³-hybridized carbons (Fsp3) is 0.208. The van der Waals surface area contributed by atoms with Gasteiger partial charge in [-0.2, -0.15) is 15.1 Å². The third kappa shape index (κ3) is 6.67. The number of rotatable bonds is 9. The molecule has 0 aliphatic carbocycles. The number of aromatic nitrogens is 2. The number of amides is 2. The van der Waals surface area contributed by atoms with Gasteiger partial charge in [0.25, 0.3) is 0 Å². The molecule has 2 heterocycles. The summed E-state index contributed by atoms with van der Waals surface area (Å²) in [4.78, 5) is 33.8. The summed E-state index contributed by atoms with van der Waals surface area (Å²) >= 11 is 0. The van der Waals surface area contributed by atoms with E-state index in [4.69, 9.17) is 9.47 Å². The maximum atomic E-state index is 11.9. The normalized spacial score (nSPS) is 12.1. The first-order valence-corrected chi connectivity index (χ1v) is 10.9. The van der Waals surface area contributed by atoms with Gasteiger partial charge in [0.05, 0.1) is 12.6 Å². The highest BCUT2D eigenvalue weighted by molar-refractivity contribution is 6.00. The molecular weight excluding hydrogens is 450 g/mol. The second-order valence-electron chi connectivity index (χ2n) is 7.78. The van der Waals surface area contributed by atoms with Crippen molar-refractivity contribution in [1.29, 1.82) is 0 Å². The largest absolute Gasteiger partial charge is 0.460 e. The van der Waals surface area contributed by atoms with Crippen LogP contribution in [-0.2, 0) is 16.0 Å². The second-order valence-corrected chi connectivity index (χ2v) is 7.78. The molecule has 180 valence electrons. The number of anilines is 4. The predicted octanol–water partition coefficient (Wildman–Crippen LogP) is 3.11. The van der Waals surface area contributed by atoms with Crippen molar-refractivity contribution in [3.8, 4) is 6.01 Å². The van der Waals surface area contributed by atoms with Crippen LogP contribution >= 0.6 is 0 Å². The number of nitrogens with one attached hydrogen (secondary N) is 3. The number of nitrogens with zero attached hydrogens (tertiary/aromatic N) is 4. The smallest absolute Gasteiger partial charge is 0.411 e. The van der Waals surface area contributed by atoms with Crippen LogP contribution in [0.4, 0.5) is 27.8 Å². The molecule has 35 heavy (non-hydrogen) atoms. The van der Waals surface area contributed by atoms with E-state index in [0.29, 0.717) is 23.7 Å². The van der Waals surface area contributed by atoms with E-state index in [1.165, 1.54) is 0 Å². The quantitative estimate of drug-likeness (QED) is 0.245. The minimum absolute atomic E-state index is 0.0147. The Morgan fingerprint density at radius 3 is 2.77 bits per heavy atom. The fourth-order valence-electron chi connectivity index (χ4n) is 3.21. The molecule has 0 radical (unpaired) electrons. The molecule has 0 saturated heterocycles. The van der Waals surface area contributed by atoms with Crippen molar-refractivity contribution in [3.63, 3.8) is 0 Å². The number of carbonyl (C=O) groups excluding carboxylic acids is 2. The van der Waals surface area contributed by atoms with Crippen LogP contribution in [0.15, 0.2) is 59.7 Å². The van der Waals surface area contributed by atoms with E-state index in [2.05, 4.69) is 31.1 Å². The summed E-state index contributed by atoms with van der Waals surface area (Å²) in [5.41, 5.74) is 6.12. The van der Waals surface area contributed by atoms with Crippen LogP contribution in [0, 0.1) is 0 Å². The van der Waals surface area contributed by atoms with E-state index in [1.54, 1.807) is 29.3 Å². The average molecular weight is 476 g/mol. The first kappa shape index (κ1) is 23.5. The predicted molar refractivity (Wildman–Crippen MR) is 133 cm³/mol. The Morgan fingerprint density at radius 1 is 1.14 bits per heavy atom. The van der Waals surface area contributed by atoms with Crippen molar-refractivity contribution in [2.75, 3.05) is 48.3 Å². The van der Waals surface area contributed by atoms with E-state index in [0.717, 1.165) is 16.8 Å². The Bertz CT molecular complexity index is 1230. The summed E-state index contributed by atoms with van der Waals surface area (Å²) in [6.45, 7) is 0.0918. The zero-order valence-corrected chi connectivity index (χ0v) is 19.3. The minimum Gasteiger partial charge on any atom is -0.460 e. The minimum atomic E-state index is -0.578. The molecule has 0 saturated carbocycles. The summed E-state index contributed by atoms with van der Waals surface area (Å²) in [7, 11) is 3.69. The number of hydrogen-bond acceptors (Lipinski definition) is 9. The summed E-state index contributed by atoms with van der Waals surface area (Å²) in [5.74, 6) is 1.02. The van der Waals surface area contributed by atoms with Crippen LogP contribution in [0.3, 0.4) is 0 Å². The van der Waals surface area contributed by atoms with Crippen molar-refractivity contribution < 1.29 is 19.1 Å². The average Bonchev–Trinajstić information content (AvgIpc) is 3.21. The maximum absolute atomic E-state index is 11.9. The van der Waals surface area contributed by atoms with E-state index in [-0.39, 0.29) is 25.1 Å². The van der Waals surface area contributed by atoms with Gasteiger partial charge in [0.1, 0.15) is 19.0 Å². The Morgan fingerprint density at radius 2 is 1.97 bits per heavy atom. The van der Waals surface area contributed by atoms with Gasteiger partial charge in [-0.1, -0.05) is 24.3 Å². The van der Waals surface area contributed by atoms with Crippen LogP contribution in [-0.4, -0.2) is 55.5 Å². The summed E-state index contributed by atoms with van der Waals surface area (Å²) in [5, 5.41) is 9.66. The molecule has 3 N–H and O–H groups in total. The molecule has 11 heteroatoms. The zero-order valence-electron chi connectivity index (χ0n) is 19.3. The van der Waals surface area contributed by atoms with E-state index in [1.807, 2.05) is 50.5 Å². The zero-order chi connectivity index (χ0) is 24.6. The molecule has 0 atom stereocenters. The number of para-hydroxylation sites is 1. The van der Waals surface area contributed by atoms with Crippen molar-refractivity contribution in [3.05, 3.63) is 65.7 Å². The second kappa shape index (κ2) is 11.0. The molecule has 2 amide bonds. The Hall–Kier alpha value is -4.67. The number of benzene rings is 2. The number of fused-ring (bicyclic) bond motifs is 1. The highest BCUT2D eigenvalue weighted by atomic mass is 16.6. The molecule has 2 aromatic carbocycles. The van der Waals surface area contributed by atoms with Crippen molar-refractivity contribution in [1.82, 2.24) is 9.97 Å². The molecule has 11 nitrogen and oxygen atoms in total. The molecule has 0 fully saturated rings. The first-order chi connectivity index (χ1) is 17.0. The number of ether oxygens (including phenoxy) is 2. The van der Waals surface area contributed by atoms with Gasteiger partial charge >= 0.3 is 12.1 Å². The summed E-state index contributed by atoms with van der Waals surface area (Å²) in [6.07, 6.45) is 1.42. The molecule has 1 aliphatic heterocycles. The Balaban J connectivity index is 1.31. The first-order valence-electron chi connectivity index (χ1n) is 10.9. The van der Waals surface area contributed by atoms with Gasteiger partial charge in [-0.3, -0.25) is 15.5 Å². The summed E-state index contributed by atoms with van der Waals surface area (Å²) in [6, 6.07) is 16.5. The lowest BCUT2D eigenvalue weighted by Gasteiger charge is -2.14. The Labute approximate surface area is 202 Å². The Kier molecular flexibility index (Phi) is 7.36. The molecule has 4 rings (SSSR count). The monoisotopic (exact) mass is 475 g/mol. The van der Waals surface area contributed by atoms with Crippen LogP contribution in [0.2, 0.25) is 0 Å². The lowest BCUT2D eigenvalue weighted by molar-refractivity contribution is -0.115. The molecular formula is C24H25N7O4. The lowest BCUT2D eigenvalue weighted by Crippen LogP contribution is -2.18. The van der Waals surface area contributed by atoms with Gasteiger partial charge < -0.3 is 19.7 Å². The van der Waals surface area contributed by atoms with Crippen molar-refractivity contribution in [2.24, 2.45) is 5.10 Å². The number of hydrazone groups is 1. The summed E-state index contributed by atoms with van der Waals surface area (Å²) < 4.78 is 10.7. The van der Waals surface area contributed by atoms with Crippen LogP contribution in [0.25, 0.3) is 0 Å². The van der Waals surface area contributed by atoms with Gasteiger partial charge in [0.2, 0.25) is 5.91 Å². The molecule has 0 spiro atoms.